The van der Waals surface area contributed by atoms with E-state index in [9.17, 15) is 4.79 Å². The molecule has 1 aliphatic rings. The highest BCUT2D eigenvalue weighted by Gasteiger charge is 2.12. The third-order valence-electron chi connectivity index (χ3n) is 4.03. The normalized spacial score (nSPS) is 19.3. The van der Waals surface area contributed by atoms with Gasteiger partial charge in [0.15, 0.2) is 0 Å². The van der Waals surface area contributed by atoms with Gasteiger partial charge in [-0.2, -0.15) is 0 Å². The summed E-state index contributed by atoms with van der Waals surface area (Å²) in [5, 5.41) is 6.48. The quantitative estimate of drug-likeness (QED) is 0.597. The van der Waals surface area contributed by atoms with Crippen molar-refractivity contribution in [3.8, 4) is 0 Å². The lowest BCUT2D eigenvalue weighted by atomic mass is 9.96. The molecular weight excluding hydrogens is 236 g/mol. The van der Waals surface area contributed by atoms with Gasteiger partial charge in [0.1, 0.15) is 0 Å². The van der Waals surface area contributed by atoms with Crippen LogP contribution in [-0.2, 0) is 4.79 Å². The van der Waals surface area contributed by atoms with Gasteiger partial charge in [0.2, 0.25) is 5.91 Å². The molecule has 1 rings (SSSR count). The van der Waals surface area contributed by atoms with Gasteiger partial charge in [-0.1, -0.05) is 39.0 Å². The second-order valence-corrected chi connectivity index (χ2v) is 5.87. The van der Waals surface area contributed by atoms with Crippen molar-refractivity contribution in [3.63, 3.8) is 0 Å². The highest BCUT2D eigenvalue weighted by Crippen LogP contribution is 2.13. The van der Waals surface area contributed by atoms with E-state index in [1.807, 2.05) is 0 Å². The van der Waals surface area contributed by atoms with Gasteiger partial charge >= 0.3 is 0 Å². The smallest absolute Gasteiger partial charge is 0.219 e. The van der Waals surface area contributed by atoms with E-state index in [2.05, 4.69) is 17.6 Å². The fraction of sp³-hybridized carbons (Fsp3) is 0.938. The molecule has 1 unspecified atom stereocenters. The molecule has 0 aromatic heterocycles. The second-order valence-electron chi connectivity index (χ2n) is 5.87. The van der Waals surface area contributed by atoms with Crippen LogP contribution in [0.5, 0.6) is 0 Å². The van der Waals surface area contributed by atoms with E-state index in [0.29, 0.717) is 0 Å². The maximum absolute atomic E-state index is 11.6. The van der Waals surface area contributed by atoms with Crippen LogP contribution in [0.4, 0.5) is 0 Å². The van der Waals surface area contributed by atoms with Gasteiger partial charge < -0.3 is 10.6 Å². The Morgan fingerprint density at radius 1 is 1.21 bits per heavy atom. The van der Waals surface area contributed by atoms with Gasteiger partial charge in [-0.15, -0.1) is 0 Å². The number of amides is 1. The first kappa shape index (κ1) is 16.5. The Balaban J connectivity index is 1.87. The van der Waals surface area contributed by atoms with Crippen molar-refractivity contribution in [1.82, 2.24) is 10.6 Å². The minimum atomic E-state index is 0.249. The van der Waals surface area contributed by atoms with Crippen molar-refractivity contribution in [2.24, 2.45) is 5.92 Å². The largest absolute Gasteiger partial charge is 0.356 e. The number of rotatable bonds is 10. The molecule has 1 atom stereocenters. The molecule has 0 aromatic rings. The highest BCUT2D eigenvalue weighted by molar-refractivity contribution is 5.75. The number of nitrogens with one attached hydrogen (secondary N) is 2. The number of unbranched alkanes of at least 4 members (excludes halogenated alkanes) is 5. The third kappa shape index (κ3) is 9.04. The number of hydrogen-bond donors (Lipinski definition) is 2. The van der Waals surface area contributed by atoms with Crippen molar-refractivity contribution in [2.45, 2.75) is 71.1 Å². The van der Waals surface area contributed by atoms with Crippen molar-refractivity contribution >= 4 is 5.91 Å². The molecular formula is C16H32N2O. The van der Waals surface area contributed by atoms with E-state index in [1.54, 1.807) is 0 Å². The lowest BCUT2D eigenvalue weighted by molar-refractivity contribution is -0.121. The SMILES string of the molecule is CCCCCCCCC(=O)NCCC1CCCNC1. The van der Waals surface area contributed by atoms with Gasteiger partial charge in [-0.05, 0) is 44.7 Å². The van der Waals surface area contributed by atoms with Crippen LogP contribution in [0, 0.1) is 5.92 Å². The molecule has 0 bridgehead atoms. The average molecular weight is 268 g/mol. The van der Waals surface area contributed by atoms with E-state index >= 15 is 0 Å². The minimum absolute atomic E-state index is 0.249. The van der Waals surface area contributed by atoms with Crippen LogP contribution in [0.2, 0.25) is 0 Å². The van der Waals surface area contributed by atoms with Crippen LogP contribution in [0.15, 0.2) is 0 Å². The summed E-state index contributed by atoms with van der Waals surface area (Å²) in [6, 6.07) is 0. The molecule has 1 aliphatic heterocycles. The average Bonchev–Trinajstić information content (AvgIpc) is 2.44. The molecule has 0 spiro atoms. The Kier molecular flexibility index (Phi) is 9.78. The van der Waals surface area contributed by atoms with Crippen LogP contribution < -0.4 is 10.6 Å². The molecule has 3 nitrogen and oxygen atoms in total. The topological polar surface area (TPSA) is 41.1 Å². The number of piperidine rings is 1. The zero-order chi connectivity index (χ0) is 13.8. The van der Waals surface area contributed by atoms with Crippen molar-refractivity contribution in [3.05, 3.63) is 0 Å². The maximum Gasteiger partial charge on any atom is 0.219 e. The Morgan fingerprint density at radius 2 is 2.00 bits per heavy atom. The van der Waals surface area contributed by atoms with Crippen LogP contribution >= 0.6 is 0 Å². The zero-order valence-electron chi connectivity index (χ0n) is 12.7. The predicted octanol–water partition coefficient (Wildman–Crippen LogP) is 3.24. The lowest BCUT2D eigenvalue weighted by Gasteiger charge is -2.22. The van der Waals surface area contributed by atoms with E-state index < -0.39 is 0 Å². The Labute approximate surface area is 118 Å². The van der Waals surface area contributed by atoms with Crippen molar-refractivity contribution in [2.75, 3.05) is 19.6 Å². The Hall–Kier alpha value is -0.570. The van der Waals surface area contributed by atoms with Crippen LogP contribution in [0.1, 0.15) is 71.1 Å². The van der Waals surface area contributed by atoms with Crippen molar-refractivity contribution < 1.29 is 4.79 Å². The van der Waals surface area contributed by atoms with Crippen LogP contribution in [0.25, 0.3) is 0 Å². The van der Waals surface area contributed by atoms with Gasteiger partial charge in [0, 0.05) is 13.0 Å². The van der Waals surface area contributed by atoms with E-state index in [4.69, 9.17) is 0 Å². The number of carbonyl (C=O) groups is 1. The van der Waals surface area contributed by atoms with Gasteiger partial charge in [0.05, 0.1) is 0 Å². The summed E-state index contributed by atoms with van der Waals surface area (Å²) < 4.78 is 0. The summed E-state index contributed by atoms with van der Waals surface area (Å²) in [6.07, 6.45) is 12.0. The van der Waals surface area contributed by atoms with Crippen molar-refractivity contribution in [1.29, 1.82) is 0 Å². The Morgan fingerprint density at radius 3 is 2.74 bits per heavy atom. The first-order valence-corrected chi connectivity index (χ1v) is 8.30. The van der Waals surface area contributed by atoms with Crippen LogP contribution in [0.3, 0.4) is 0 Å². The summed E-state index contributed by atoms with van der Waals surface area (Å²) in [5.41, 5.74) is 0. The lowest BCUT2D eigenvalue weighted by Crippen LogP contribution is -2.33. The van der Waals surface area contributed by atoms with Gasteiger partial charge in [-0.3, -0.25) is 4.79 Å². The standard InChI is InChI=1S/C16H32N2O/c1-2-3-4-5-6-7-10-16(19)18-13-11-15-9-8-12-17-14-15/h15,17H,2-14H2,1H3,(H,18,19). The summed E-state index contributed by atoms with van der Waals surface area (Å²) in [5.74, 6) is 1.02. The molecule has 2 N–H and O–H groups in total. The summed E-state index contributed by atoms with van der Waals surface area (Å²) in [4.78, 5) is 11.6. The molecule has 1 heterocycles. The molecule has 0 radical (unpaired) electrons. The zero-order valence-corrected chi connectivity index (χ0v) is 12.7. The summed E-state index contributed by atoms with van der Waals surface area (Å²) in [6.45, 7) is 5.39. The Bertz CT molecular complexity index is 225. The summed E-state index contributed by atoms with van der Waals surface area (Å²) in [7, 11) is 0. The first-order valence-electron chi connectivity index (χ1n) is 8.30. The van der Waals surface area contributed by atoms with E-state index in [-0.39, 0.29) is 5.91 Å². The molecule has 112 valence electrons. The fourth-order valence-electron chi connectivity index (χ4n) is 2.74. The van der Waals surface area contributed by atoms with Crippen LogP contribution in [-0.4, -0.2) is 25.5 Å². The molecule has 0 aliphatic carbocycles. The fourth-order valence-corrected chi connectivity index (χ4v) is 2.74. The highest BCUT2D eigenvalue weighted by atomic mass is 16.1. The third-order valence-corrected chi connectivity index (χ3v) is 4.03. The molecule has 1 fully saturated rings. The van der Waals surface area contributed by atoms with Gasteiger partial charge in [-0.25, -0.2) is 0 Å². The summed E-state index contributed by atoms with van der Waals surface area (Å²) >= 11 is 0. The maximum atomic E-state index is 11.6. The minimum Gasteiger partial charge on any atom is -0.356 e. The monoisotopic (exact) mass is 268 g/mol. The van der Waals surface area contributed by atoms with E-state index in [1.165, 1.54) is 51.5 Å². The molecule has 0 aromatic carbocycles. The first-order chi connectivity index (χ1) is 9.33. The predicted molar refractivity (Wildman–Crippen MR) is 81.2 cm³/mol. The molecule has 19 heavy (non-hydrogen) atoms. The molecule has 0 saturated carbocycles. The molecule has 3 heteroatoms. The molecule has 1 amide bonds. The molecule has 1 saturated heterocycles. The van der Waals surface area contributed by atoms with Gasteiger partial charge in [0.25, 0.3) is 0 Å². The number of hydrogen-bond acceptors (Lipinski definition) is 2. The van der Waals surface area contributed by atoms with E-state index in [0.717, 1.165) is 38.3 Å². The second kappa shape index (κ2) is 11.3. The number of carbonyl (C=O) groups excluding carboxylic acids is 1.